The summed E-state index contributed by atoms with van der Waals surface area (Å²) >= 11 is 1.53. The van der Waals surface area contributed by atoms with Gasteiger partial charge in [-0.1, -0.05) is 6.07 Å². The van der Waals surface area contributed by atoms with E-state index >= 15 is 0 Å². The zero-order valence-electron chi connectivity index (χ0n) is 14.3. The summed E-state index contributed by atoms with van der Waals surface area (Å²) in [6.07, 6.45) is 1.78. The second-order valence-electron chi connectivity index (χ2n) is 6.85. The van der Waals surface area contributed by atoms with Crippen LogP contribution < -0.4 is 10.2 Å². The highest BCUT2D eigenvalue weighted by atomic mass is 32.1. The van der Waals surface area contributed by atoms with E-state index in [9.17, 15) is 4.79 Å². The van der Waals surface area contributed by atoms with E-state index in [1.165, 1.54) is 11.3 Å². The van der Waals surface area contributed by atoms with Crippen molar-refractivity contribution in [1.82, 2.24) is 10.3 Å². The molecule has 0 aromatic carbocycles. The maximum Gasteiger partial charge on any atom is 0.261 e. The number of aromatic nitrogens is 1. The number of pyridine rings is 1. The van der Waals surface area contributed by atoms with Crippen molar-refractivity contribution in [2.24, 2.45) is 0 Å². The molecule has 1 amide bonds. The highest BCUT2D eigenvalue weighted by Crippen LogP contribution is 2.38. The van der Waals surface area contributed by atoms with E-state index < -0.39 is 0 Å². The number of thiophene rings is 1. The van der Waals surface area contributed by atoms with Crippen molar-refractivity contribution >= 4 is 22.2 Å². The zero-order chi connectivity index (χ0) is 17.2. The molecular weight excluding hydrogens is 322 g/mol. The molecule has 0 bridgehead atoms. The number of hydrogen-bond donors (Lipinski definition) is 1. The van der Waals surface area contributed by atoms with Crippen LogP contribution in [0.2, 0.25) is 0 Å². The molecule has 2 aromatic heterocycles. The van der Waals surface area contributed by atoms with Crippen LogP contribution in [-0.4, -0.2) is 42.7 Å². The van der Waals surface area contributed by atoms with E-state index in [-0.39, 0.29) is 11.4 Å². The molecule has 24 heavy (non-hydrogen) atoms. The second-order valence-corrected chi connectivity index (χ2v) is 7.88. The molecule has 1 aliphatic heterocycles. The van der Waals surface area contributed by atoms with Crippen LogP contribution in [0.3, 0.4) is 0 Å². The molecule has 0 spiro atoms. The third kappa shape index (κ3) is 3.94. The van der Waals surface area contributed by atoms with Crippen molar-refractivity contribution in [3.8, 4) is 11.3 Å². The molecule has 3 heterocycles. The van der Waals surface area contributed by atoms with E-state index in [4.69, 9.17) is 4.74 Å². The van der Waals surface area contributed by atoms with Gasteiger partial charge in [0.1, 0.15) is 5.00 Å². The summed E-state index contributed by atoms with van der Waals surface area (Å²) in [5, 5.41) is 4.13. The van der Waals surface area contributed by atoms with E-state index in [1.807, 2.05) is 45.0 Å². The molecule has 0 radical (unpaired) electrons. The number of nitrogens with one attached hydrogen (secondary N) is 1. The van der Waals surface area contributed by atoms with Gasteiger partial charge < -0.3 is 15.0 Å². The lowest BCUT2D eigenvalue weighted by molar-refractivity contribution is 0.0924. The molecule has 1 saturated heterocycles. The van der Waals surface area contributed by atoms with Crippen molar-refractivity contribution in [3.05, 3.63) is 35.3 Å². The smallest absolute Gasteiger partial charge is 0.261 e. The number of amides is 1. The van der Waals surface area contributed by atoms with Gasteiger partial charge in [-0.25, -0.2) is 0 Å². The first kappa shape index (κ1) is 16.9. The third-order valence-electron chi connectivity index (χ3n) is 3.66. The van der Waals surface area contributed by atoms with Gasteiger partial charge in [-0.05, 0) is 39.0 Å². The monoisotopic (exact) mass is 345 g/mol. The van der Waals surface area contributed by atoms with Crippen LogP contribution in [0, 0.1) is 0 Å². The quantitative estimate of drug-likeness (QED) is 0.928. The predicted octanol–water partition coefficient (Wildman–Crippen LogP) is 3.18. The predicted molar refractivity (Wildman–Crippen MR) is 97.8 cm³/mol. The van der Waals surface area contributed by atoms with Gasteiger partial charge in [-0.3, -0.25) is 9.78 Å². The Kier molecular flexibility index (Phi) is 4.87. The maximum atomic E-state index is 12.6. The Morgan fingerprint density at radius 2 is 2.04 bits per heavy atom. The van der Waals surface area contributed by atoms with Crippen LogP contribution in [0.15, 0.2) is 30.5 Å². The molecule has 0 atom stereocenters. The van der Waals surface area contributed by atoms with Crippen molar-refractivity contribution in [1.29, 1.82) is 0 Å². The first-order chi connectivity index (χ1) is 11.4. The Morgan fingerprint density at radius 1 is 1.29 bits per heavy atom. The summed E-state index contributed by atoms with van der Waals surface area (Å²) in [5.74, 6) is -0.0378. The lowest BCUT2D eigenvalue weighted by Gasteiger charge is -2.28. The first-order valence-electron chi connectivity index (χ1n) is 8.14. The first-order valence-corrected chi connectivity index (χ1v) is 8.96. The zero-order valence-corrected chi connectivity index (χ0v) is 15.2. The van der Waals surface area contributed by atoms with Crippen LogP contribution in [0.1, 0.15) is 30.4 Å². The highest BCUT2D eigenvalue weighted by molar-refractivity contribution is 7.18. The Labute approximate surface area is 146 Å². The number of nitrogens with zero attached hydrogens (tertiary/aromatic N) is 2. The molecule has 5 nitrogen and oxygen atoms in total. The Hall–Kier alpha value is -1.92. The minimum Gasteiger partial charge on any atom is -0.378 e. The van der Waals surface area contributed by atoms with Gasteiger partial charge in [-0.2, -0.15) is 0 Å². The lowest BCUT2D eigenvalue weighted by atomic mass is 10.1. The molecule has 6 heteroatoms. The van der Waals surface area contributed by atoms with Crippen LogP contribution in [0.5, 0.6) is 0 Å². The molecule has 1 aliphatic rings. The molecule has 1 N–H and O–H groups in total. The van der Waals surface area contributed by atoms with Crippen molar-refractivity contribution in [3.63, 3.8) is 0 Å². The van der Waals surface area contributed by atoms with E-state index in [0.717, 1.165) is 29.3 Å². The highest BCUT2D eigenvalue weighted by Gasteiger charge is 2.24. The molecule has 3 rings (SSSR count). The van der Waals surface area contributed by atoms with E-state index in [1.54, 1.807) is 6.20 Å². The van der Waals surface area contributed by atoms with Crippen LogP contribution >= 0.6 is 11.3 Å². The van der Waals surface area contributed by atoms with Gasteiger partial charge in [0.05, 0.1) is 23.8 Å². The summed E-state index contributed by atoms with van der Waals surface area (Å²) in [7, 11) is 0. The van der Waals surface area contributed by atoms with Crippen molar-refractivity contribution in [2.45, 2.75) is 26.3 Å². The largest absolute Gasteiger partial charge is 0.378 e. The fourth-order valence-electron chi connectivity index (χ4n) is 2.60. The molecule has 0 saturated carbocycles. The Morgan fingerprint density at radius 3 is 2.67 bits per heavy atom. The number of ether oxygens (including phenoxy) is 1. The third-order valence-corrected chi connectivity index (χ3v) is 4.86. The minimum atomic E-state index is -0.259. The SMILES string of the molecule is CC(C)(C)NC(=O)c1cc(-c2ccccn2)c(N2CCOCC2)s1. The topological polar surface area (TPSA) is 54.5 Å². The second kappa shape index (κ2) is 6.91. The fraction of sp³-hybridized carbons (Fsp3) is 0.444. The summed E-state index contributed by atoms with van der Waals surface area (Å²) in [5.41, 5.74) is 1.65. The van der Waals surface area contributed by atoms with Gasteiger partial charge in [-0.15, -0.1) is 11.3 Å². The van der Waals surface area contributed by atoms with Gasteiger partial charge in [0.2, 0.25) is 0 Å². The summed E-state index contributed by atoms with van der Waals surface area (Å²) in [6, 6.07) is 7.81. The molecular formula is C18H23N3O2S. The summed E-state index contributed by atoms with van der Waals surface area (Å²) < 4.78 is 5.45. The average Bonchev–Trinajstić information content (AvgIpc) is 3.00. The maximum absolute atomic E-state index is 12.6. The van der Waals surface area contributed by atoms with Crippen molar-refractivity contribution in [2.75, 3.05) is 31.2 Å². The molecule has 2 aromatic rings. The minimum absolute atomic E-state index is 0.0378. The lowest BCUT2D eigenvalue weighted by Crippen LogP contribution is -2.40. The molecule has 128 valence electrons. The number of morpholine rings is 1. The average molecular weight is 345 g/mol. The van der Waals surface area contributed by atoms with Crippen LogP contribution in [-0.2, 0) is 4.74 Å². The molecule has 1 fully saturated rings. The van der Waals surface area contributed by atoms with Gasteiger partial charge in [0.15, 0.2) is 0 Å². The number of anilines is 1. The summed E-state index contributed by atoms with van der Waals surface area (Å²) in [6.45, 7) is 9.05. The van der Waals surface area contributed by atoms with Gasteiger partial charge >= 0.3 is 0 Å². The van der Waals surface area contributed by atoms with Gasteiger partial charge in [0.25, 0.3) is 5.91 Å². The van der Waals surface area contributed by atoms with Crippen LogP contribution in [0.4, 0.5) is 5.00 Å². The number of carbonyl (C=O) groups excluding carboxylic acids is 1. The van der Waals surface area contributed by atoms with E-state index in [2.05, 4.69) is 15.2 Å². The molecule has 0 unspecified atom stereocenters. The van der Waals surface area contributed by atoms with Crippen molar-refractivity contribution < 1.29 is 9.53 Å². The molecule has 0 aliphatic carbocycles. The standard InChI is InChI=1S/C18H23N3O2S/c1-18(2,3)20-16(22)15-12-13(14-6-4-5-7-19-14)17(24-15)21-8-10-23-11-9-21/h4-7,12H,8-11H2,1-3H3,(H,20,22). The van der Waals surface area contributed by atoms with E-state index in [0.29, 0.717) is 18.1 Å². The Bertz CT molecular complexity index is 701. The number of hydrogen-bond acceptors (Lipinski definition) is 5. The number of carbonyl (C=O) groups is 1. The fourth-order valence-corrected chi connectivity index (χ4v) is 3.72. The van der Waals surface area contributed by atoms with Crippen LogP contribution in [0.25, 0.3) is 11.3 Å². The summed E-state index contributed by atoms with van der Waals surface area (Å²) in [4.78, 5) is 20.0. The Balaban J connectivity index is 1.97. The number of rotatable bonds is 3. The normalized spacial score (nSPS) is 15.4. The van der Waals surface area contributed by atoms with Gasteiger partial charge in [0, 0.05) is 30.4 Å².